The van der Waals surface area contributed by atoms with E-state index in [1.54, 1.807) is 13.8 Å². The Balaban J connectivity index is 1.95. The third-order valence-electron chi connectivity index (χ3n) is 7.93. The lowest BCUT2D eigenvalue weighted by Gasteiger charge is -2.36. The van der Waals surface area contributed by atoms with Crippen molar-refractivity contribution in [2.75, 3.05) is 38.1 Å². The molecule has 2 amide bonds. The maximum absolute atomic E-state index is 14.2. The van der Waals surface area contributed by atoms with Crippen molar-refractivity contribution >= 4 is 39.1 Å². The highest BCUT2D eigenvalue weighted by atomic mass is 35.5. The number of ether oxygens (including phenoxy) is 2. The number of likely N-dealkylation sites (N-methyl/N-ethyl adjacent to an activating group) is 1. The minimum Gasteiger partial charge on any atom is -0.490 e. The molecule has 0 fully saturated rings. The van der Waals surface area contributed by atoms with Crippen LogP contribution in [0.25, 0.3) is 0 Å². The topological polar surface area (TPSA) is 125 Å². The van der Waals surface area contributed by atoms with E-state index in [0.29, 0.717) is 30.9 Å². The van der Waals surface area contributed by atoms with Crippen molar-refractivity contribution in [3.8, 4) is 5.75 Å². The molecule has 0 bridgehead atoms. The monoisotopic (exact) mass is 705 g/mol. The van der Waals surface area contributed by atoms with E-state index in [2.05, 4.69) is 4.72 Å². The number of anilines is 1. The molecule has 3 rings (SSSR count). The van der Waals surface area contributed by atoms with Gasteiger partial charge in [-0.05, 0) is 75.6 Å². The van der Waals surface area contributed by atoms with Crippen molar-refractivity contribution < 1.29 is 45.8 Å². The SMILES string of the molecule is C[C@@H]1CCCCO[C@@H](CN(C)C(=O)CCC(F)(F)F)[C@@H](C)CN([C@@H](C)CO)C(=O)c2cc(NS(=O)(=O)c3ccc(Cl)cc3)ccc2O1. The van der Waals surface area contributed by atoms with Crippen LogP contribution in [-0.2, 0) is 19.6 Å². The van der Waals surface area contributed by atoms with Crippen molar-refractivity contribution in [2.24, 2.45) is 5.92 Å². The first-order valence-corrected chi connectivity index (χ1v) is 17.3. The standard InChI is InChI=1S/C32H43ClF3N3O7S/c1-21-18-39(22(2)20-40)31(42)27-17-25(37-47(43,44)26-11-8-24(33)9-12-26)10-13-28(27)46-23(3)7-5-6-16-45-29(21)19-38(4)30(41)14-15-32(34,35)36/h8-13,17,21-23,29,37,40H,5-7,14-16,18-20H2,1-4H3/t21-,22-,23+,29-/m0/s1. The highest BCUT2D eigenvalue weighted by molar-refractivity contribution is 7.92. The number of carbonyl (C=O) groups is 2. The summed E-state index contributed by atoms with van der Waals surface area (Å²) >= 11 is 5.91. The lowest BCUT2D eigenvalue weighted by Crippen LogP contribution is -2.48. The maximum Gasteiger partial charge on any atom is 0.389 e. The van der Waals surface area contributed by atoms with E-state index >= 15 is 0 Å². The molecule has 0 aliphatic carbocycles. The highest BCUT2D eigenvalue weighted by Gasteiger charge is 2.32. The van der Waals surface area contributed by atoms with Gasteiger partial charge < -0.3 is 24.4 Å². The number of hydrogen-bond donors (Lipinski definition) is 2. The molecule has 2 N–H and O–H groups in total. The van der Waals surface area contributed by atoms with Crippen molar-refractivity contribution in [3.05, 3.63) is 53.1 Å². The molecule has 0 aromatic heterocycles. The molecule has 4 atom stereocenters. The van der Waals surface area contributed by atoms with Crippen molar-refractivity contribution in [1.29, 1.82) is 0 Å². The van der Waals surface area contributed by atoms with Crippen molar-refractivity contribution in [3.63, 3.8) is 0 Å². The summed E-state index contributed by atoms with van der Waals surface area (Å²) in [6.07, 6.45) is -5.37. The molecule has 262 valence electrons. The molecule has 0 saturated heterocycles. The Labute approximate surface area is 279 Å². The number of alkyl halides is 3. The molecule has 2 aromatic carbocycles. The van der Waals surface area contributed by atoms with E-state index in [1.807, 2.05) is 6.92 Å². The number of nitrogens with zero attached hydrogens (tertiary/aromatic N) is 2. The van der Waals surface area contributed by atoms with Crippen LogP contribution in [-0.4, -0.2) is 92.9 Å². The molecule has 1 aliphatic rings. The van der Waals surface area contributed by atoms with Crippen LogP contribution in [0.4, 0.5) is 18.9 Å². The number of sulfonamides is 1. The Morgan fingerprint density at radius 1 is 1.17 bits per heavy atom. The number of hydrogen-bond acceptors (Lipinski definition) is 7. The Bertz CT molecular complexity index is 1460. The molecule has 47 heavy (non-hydrogen) atoms. The van der Waals surface area contributed by atoms with E-state index < -0.39 is 65.5 Å². The van der Waals surface area contributed by atoms with Crippen LogP contribution in [0.2, 0.25) is 5.02 Å². The quantitative estimate of drug-likeness (QED) is 0.341. The second-order valence-electron chi connectivity index (χ2n) is 12.0. The van der Waals surface area contributed by atoms with Gasteiger partial charge >= 0.3 is 6.18 Å². The van der Waals surface area contributed by atoms with Gasteiger partial charge in [0, 0.05) is 49.8 Å². The predicted molar refractivity (Wildman–Crippen MR) is 172 cm³/mol. The van der Waals surface area contributed by atoms with Gasteiger partial charge in [0.15, 0.2) is 0 Å². The van der Waals surface area contributed by atoms with Crippen molar-refractivity contribution in [1.82, 2.24) is 9.80 Å². The Morgan fingerprint density at radius 3 is 2.49 bits per heavy atom. The van der Waals surface area contributed by atoms with Gasteiger partial charge in [0.05, 0.1) is 41.7 Å². The van der Waals surface area contributed by atoms with E-state index in [1.165, 1.54) is 59.3 Å². The molecule has 0 spiro atoms. The van der Waals surface area contributed by atoms with E-state index in [0.717, 1.165) is 0 Å². The van der Waals surface area contributed by atoms with Gasteiger partial charge in [-0.1, -0.05) is 18.5 Å². The van der Waals surface area contributed by atoms with Gasteiger partial charge in [0.1, 0.15) is 5.75 Å². The minimum atomic E-state index is -4.46. The lowest BCUT2D eigenvalue weighted by molar-refractivity contribution is -0.149. The number of nitrogens with one attached hydrogen (secondary N) is 1. The molecule has 1 aliphatic heterocycles. The molecule has 15 heteroatoms. The zero-order valence-corrected chi connectivity index (χ0v) is 28.5. The van der Waals surface area contributed by atoms with Gasteiger partial charge in [-0.25, -0.2) is 8.42 Å². The van der Waals surface area contributed by atoms with Crippen LogP contribution in [0.1, 0.15) is 63.2 Å². The molecule has 0 radical (unpaired) electrons. The summed E-state index contributed by atoms with van der Waals surface area (Å²) < 4.78 is 79.2. The Kier molecular flexibility index (Phi) is 13.8. The smallest absolute Gasteiger partial charge is 0.389 e. The number of halogens is 4. The van der Waals surface area contributed by atoms with Crippen LogP contribution < -0.4 is 9.46 Å². The number of amides is 2. The lowest BCUT2D eigenvalue weighted by atomic mass is 10.0. The van der Waals surface area contributed by atoms with Gasteiger partial charge in [0.25, 0.3) is 15.9 Å². The largest absolute Gasteiger partial charge is 0.490 e. The maximum atomic E-state index is 14.2. The van der Waals surface area contributed by atoms with Gasteiger partial charge in [0.2, 0.25) is 5.91 Å². The van der Waals surface area contributed by atoms with E-state index in [-0.39, 0.29) is 41.1 Å². The first-order chi connectivity index (χ1) is 22.0. The molecular formula is C32H43ClF3N3O7S. The van der Waals surface area contributed by atoms with Crippen LogP contribution in [0, 0.1) is 5.92 Å². The average molecular weight is 706 g/mol. The summed E-state index contributed by atoms with van der Waals surface area (Å²) in [7, 11) is -2.62. The normalized spacial score (nSPS) is 20.8. The zero-order valence-electron chi connectivity index (χ0n) is 26.9. The number of fused-ring (bicyclic) bond motifs is 1. The van der Waals surface area contributed by atoms with Gasteiger partial charge in [-0.3, -0.25) is 14.3 Å². The summed E-state index contributed by atoms with van der Waals surface area (Å²) in [6, 6.07) is 9.30. The van der Waals surface area contributed by atoms with E-state index in [4.69, 9.17) is 21.1 Å². The molecule has 0 saturated carbocycles. The Morgan fingerprint density at radius 2 is 1.85 bits per heavy atom. The average Bonchev–Trinajstić information content (AvgIpc) is 3.00. The Hall–Kier alpha value is -3.07. The number of aliphatic hydroxyl groups excluding tert-OH is 1. The molecule has 10 nitrogen and oxygen atoms in total. The molecular weight excluding hydrogens is 663 g/mol. The number of rotatable bonds is 9. The predicted octanol–water partition coefficient (Wildman–Crippen LogP) is 5.74. The third kappa shape index (κ3) is 11.5. The van der Waals surface area contributed by atoms with Gasteiger partial charge in [-0.15, -0.1) is 0 Å². The molecule has 1 heterocycles. The van der Waals surface area contributed by atoms with Crippen LogP contribution in [0.5, 0.6) is 5.75 Å². The van der Waals surface area contributed by atoms with Crippen LogP contribution >= 0.6 is 11.6 Å². The fourth-order valence-corrected chi connectivity index (χ4v) is 6.26. The number of aliphatic hydroxyl groups is 1. The fraction of sp³-hybridized carbons (Fsp3) is 0.562. The first kappa shape index (κ1) is 38.4. The second-order valence-corrected chi connectivity index (χ2v) is 14.1. The van der Waals surface area contributed by atoms with Crippen LogP contribution in [0.3, 0.4) is 0 Å². The van der Waals surface area contributed by atoms with Crippen LogP contribution in [0.15, 0.2) is 47.4 Å². The summed E-state index contributed by atoms with van der Waals surface area (Å²) in [5.74, 6) is -1.41. The van der Waals surface area contributed by atoms with Gasteiger partial charge in [-0.2, -0.15) is 13.2 Å². The molecule has 0 unspecified atom stereocenters. The third-order valence-corrected chi connectivity index (χ3v) is 9.58. The summed E-state index contributed by atoms with van der Waals surface area (Å²) in [5.41, 5.74) is 0.170. The van der Waals surface area contributed by atoms with Crippen molar-refractivity contribution in [2.45, 2.75) is 82.2 Å². The number of benzene rings is 2. The zero-order chi connectivity index (χ0) is 34.9. The summed E-state index contributed by atoms with van der Waals surface area (Å²) in [6.45, 7) is 5.26. The second kappa shape index (κ2) is 16.8. The minimum absolute atomic E-state index is 0.000119. The number of carbonyl (C=O) groups excluding carboxylic acids is 2. The summed E-state index contributed by atoms with van der Waals surface area (Å²) in [5, 5.41) is 10.5. The highest BCUT2D eigenvalue weighted by Crippen LogP contribution is 2.30. The molecule has 2 aromatic rings. The fourth-order valence-electron chi connectivity index (χ4n) is 5.09. The first-order valence-electron chi connectivity index (χ1n) is 15.4. The van der Waals surface area contributed by atoms with E-state index in [9.17, 15) is 36.3 Å². The summed E-state index contributed by atoms with van der Waals surface area (Å²) in [4.78, 5) is 29.3.